The molecule has 2 atom stereocenters. The van der Waals surface area contributed by atoms with Crippen molar-refractivity contribution in [2.24, 2.45) is 0 Å². The Labute approximate surface area is 89.0 Å². The molecule has 0 bridgehead atoms. The van der Waals surface area contributed by atoms with Gasteiger partial charge in [0, 0.05) is 18.4 Å². The standard InChI is InChI=1S/C10H15ClN2O/c1-8(11)9-5-12-13(6-9)10-3-2-4-14-7-10/h5-6,8,10H,2-4,7H2,1H3. The maximum atomic E-state index is 5.97. The van der Waals surface area contributed by atoms with Crippen LogP contribution in [0.1, 0.15) is 36.7 Å². The van der Waals surface area contributed by atoms with Gasteiger partial charge in [0.15, 0.2) is 0 Å². The molecule has 0 radical (unpaired) electrons. The first-order valence-electron chi connectivity index (χ1n) is 5.03. The van der Waals surface area contributed by atoms with Gasteiger partial charge in [0.25, 0.3) is 0 Å². The molecule has 0 spiro atoms. The second-order valence-electron chi connectivity index (χ2n) is 3.74. The van der Waals surface area contributed by atoms with Gasteiger partial charge in [-0.05, 0) is 19.8 Å². The monoisotopic (exact) mass is 214 g/mol. The van der Waals surface area contributed by atoms with E-state index in [4.69, 9.17) is 16.3 Å². The van der Waals surface area contributed by atoms with Crippen molar-refractivity contribution in [1.29, 1.82) is 0 Å². The molecule has 1 aromatic heterocycles. The fraction of sp³-hybridized carbons (Fsp3) is 0.700. The average molecular weight is 215 g/mol. The maximum Gasteiger partial charge on any atom is 0.0753 e. The van der Waals surface area contributed by atoms with Crippen molar-refractivity contribution in [2.75, 3.05) is 13.2 Å². The van der Waals surface area contributed by atoms with Gasteiger partial charge in [0.1, 0.15) is 0 Å². The van der Waals surface area contributed by atoms with Crippen molar-refractivity contribution in [3.8, 4) is 0 Å². The fourth-order valence-electron chi connectivity index (χ4n) is 1.69. The highest BCUT2D eigenvalue weighted by atomic mass is 35.5. The topological polar surface area (TPSA) is 27.1 Å². The van der Waals surface area contributed by atoms with Crippen LogP contribution in [0.15, 0.2) is 12.4 Å². The maximum absolute atomic E-state index is 5.97. The van der Waals surface area contributed by atoms with Crippen LogP contribution in [-0.4, -0.2) is 23.0 Å². The van der Waals surface area contributed by atoms with E-state index in [2.05, 4.69) is 5.10 Å². The van der Waals surface area contributed by atoms with Crippen LogP contribution in [-0.2, 0) is 4.74 Å². The Kier molecular flexibility index (Phi) is 3.08. The summed E-state index contributed by atoms with van der Waals surface area (Å²) in [6.07, 6.45) is 6.14. The highest BCUT2D eigenvalue weighted by Crippen LogP contribution is 2.23. The summed E-state index contributed by atoms with van der Waals surface area (Å²) in [5.74, 6) is 0. The van der Waals surface area contributed by atoms with Crippen molar-refractivity contribution in [3.05, 3.63) is 18.0 Å². The second kappa shape index (κ2) is 4.32. The van der Waals surface area contributed by atoms with E-state index < -0.39 is 0 Å². The average Bonchev–Trinajstić information content (AvgIpc) is 2.68. The van der Waals surface area contributed by atoms with Crippen LogP contribution in [0.4, 0.5) is 0 Å². The van der Waals surface area contributed by atoms with E-state index in [9.17, 15) is 0 Å². The molecule has 0 aromatic carbocycles. The van der Waals surface area contributed by atoms with Gasteiger partial charge in [-0.15, -0.1) is 11.6 Å². The molecule has 0 aliphatic carbocycles. The van der Waals surface area contributed by atoms with Crippen LogP contribution in [0.2, 0.25) is 0 Å². The molecule has 2 rings (SSSR count). The van der Waals surface area contributed by atoms with E-state index >= 15 is 0 Å². The lowest BCUT2D eigenvalue weighted by Gasteiger charge is -2.22. The normalized spacial score (nSPS) is 24.9. The third kappa shape index (κ3) is 2.10. The molecule has 1 aromatic rings. The molecule has 1 aliphatic heterocycles. The molecular formula is C10H15ClN2O. The minimum absolute atomic E-state index is 0.0354. The van der Waals surface area contributed by atoms with Gasteiger partial charge in [0.05, 0.1) is 24.2 Å². The summed E-state index contributed by atoms with van der Waals surface area (Å²) in [6.45, 7) is 3.62. The van der Waals surface area contributed by atoms with Crippen LogP contribution in [0.5, 0.6) is 0 Å². The molecule has 1 aliphatic rings. The first-order valence-corrected chi connectivity index (χ1v) is 5.47. The van der Waals surface area contributed by atoms with E-state index in [1.807, 2.05) is 24.0 Å². The van der Waals surface area contributed by atoms with Crippen molar-refractivity contribution in [3.63, 3.8) is 0 Å². The number of alkyl halides is 1. The Bertz CT molecular complexity index is 292. The molecular weight excluding hydrogens is 200 g/mol. The summed E-state index contributed by atoms with van der Waals surface area (Å²) < 4.78 is 7.39. The van der Waals surface area contributed by atoms with Crippen molar-refractivity contribution in [2.45, 2.75) is 31.2 Å². The minimum atomic E-state index is 0.0354. The first-order chi connectivity index (χ1) is 6.77. The lowest BCUT2D eigenvalue weighted by atomic mass is 10.1. The summed E-state index contributed by atoms with van der Waals surface area (Å²) in [6, 6.07) is 0.396. The van der Waals surface area contributed by atoms with E-state index in [-0.39, 0.29) is 5.38 Å². The predicted molar refractivity (Wildman–Crippen MR) is 55.6 cm³/mol. The highest BCUT2D eigenvalue weighted by molar-refractivity contribution is 6.20. The highest BCUT2D eigenvalue weighted by Gasteiger charge is 2.17. The van der Waals surface area contributed by atoms with Gasteiger partial charge in [-0.3, -0.25) is 4.68 Å². The quantitative estimate of drug-likeness (QED) is 0.708. The van der Waals surface area contributed by atoms with Gasteiger partial charge < -0.3 is 4.74 Å². The van der Waals surface area contributed by atoms with Crippen LogP contribution in [0.25, 0.3) is 0 Å². The SMILES string of the molecule is CC(Cl)c1cnn(C2CCCOC2)c1. The zero-order valence-corrected chi connectivity index (χ0v) is 9.07. The van der Waals surface area contributed by atoms with Crippen LogP contribution in [0.3, 0.4) is 0 Å². The molecule has 0 saturated carbocycles. The first kappa shape index (κ1) is 9.99. The molecule has 2 heterocycles. The number of hydrogen-bond acceptors (Lipinski definition) is 2. The zero-order chi connectivity index (χ0) is 9.97. The van der Waals surface area contributed by atoms with Crippen molar-refractivity contribution < 1.29 is 4.74 Å². The molecule has 1 saturated heterocycles. The van der Waals surface area contributed by atoms with Gasteiger partial charge in [-0.2, -0.15) is 5.10 Å². The van der Waals surface area contributed by atoms with Crippen LogP contribution in [0, 0.1) is 0 Å². The smallest absolute Gasteiger partial charge is 0.0753 e. The summed E-state index contributed by atoms with van der Waals surface area (Å²) in [4.78, 5) is 0. The van der Waals surface area contributed by atoms with Gasteiger partial charge in [-0.25, -0.2) is 0 Å². The lowest BCUT2D eigenvalue weighted by Crippen LogP contribution is -2.21. The molecule has 14 heavy (non-hydrogen) atoms. The Morgan fingerprint density at radius 1 is 1.71 bits per heavy atom. The number of nitrogens with zero attached hydrogens (tertiary/aromatic N) is 2. The number of aromatic nitrogens is 2. The molecule has 1 fully saturated rings. The fourth-order valence-corrected chi connectivity index (χ4v) is 1.80. The van der Waals surface area contributed by atoms with Crippen LogP contribution >= 0.6 is 11.6 Å². The molecule has 0 amide bonds. The van der Waals surface area contributed by atoms with E-state index in [1.54, 1.807) is 0 Å². The number of hydrogen-bond donors (Lipinski definition) is 0. The molecule has 3 nitrogen and oxygen atoms in total. The summed E-state index contributed by atoms with van der Waals surface area (Å²) in [7, 11) is 0. The molecule has 2 unspecified atom stereocenters. The Morgan fingerprint density at radius 2 is 2.57 bits per heavy atom. The third-order valence-corrected chi connectivity index (χ3v) is 2.84. The zero-order valence-electron chi connectivity index (χ0n) is 8.32. The van der Waals surface area contributed by atoms with Gasteiger partial charge in [0.2, 0.25) is 0 Å². The Hall–Kier alpha value is -0.540. The van der Waals surface area contributed by atoms with E-state index in [0.717, 1.165) is 31.6 Å². The molecule has 0 N–H and O–H groups in total. The van der Waals surface area contributed by atoms with Crippen LogP contribution < -0.4 is 0 Å². The summed E-state index contributed by atoms with van der Waals surface area (Å²) >= 11 is 5.97. The predicted octanol–water partition coefficient (Wildman–Crippen LogP) is 2.53. The second-order valence-corrected chi connectivity index (χ2v) is 4.40. The largest absolute Gasteiger partial charge is 0.379 e. The van der Waals surface area contributed by atoms with E-state index in [1.165, 1.54) is 0 Å². The van der Waals surface area contributed by atoms with Gasteiger partial charge >= 0.3 is 0 Å². The minimum Gasteiger partial charge on any atom is -0.379 e. The van der Waals surface area contributed by atoms with Crippen molar-refractivity contribution in [1.82, 2.24) is 9.78 Å². The van der Waals surface area contributed by atoms with Crippen molar-refractivity contribution >= 4 is 11.6 Å². The lowest BCUT2D eigenvalue weighted by molar-refractivity contribution is 0.0549. The molecule has 4 heteroatoms. The summed E-state index contributed by atoms with van der Waals surface area (Å²) in [5.41, 5.74) is 1.08. The van der Waals surface area contributed by atoms with Gasteiger partial charge in [-0.1, -0.05) is 0 Å². The Morgan fingerprint density at radius 3 is 3.14 bits per heavy atom. The van der Waals surface area contributed by atoms with E-state index in [0.29, 0.717) is 6.04 Å². The molecule has 78 valence electrons. The Balaban J connectivity index is 2.07. The number of halogens is 1. The summed E-state index contributed by atoms with van der Waals surface area (Å²) in [5, 5.41) is 4.35. The number of rotatable bonds is 2. The number of ether oxygens (including phenoxy) is 1. The third-order valence-electron chi connectivity index (χ3n) is 2.59.